The lowest BCUT2D eigenvalue weighted by molar-refractivity contribution is 0.102. The van der Waals surface area contributed by atoms with Gasteiger partial charge in [-0.05, 0) is 100 Å². The molecule has 0 heterocycles. The predicted molar refractivity (Wildman–Crippen MR) is 143 cm³/mol. The fraction of sp³-hybridized carbons (Fsp3) is 0.323. The molecule has 4 rings (SSSR count). The van der Waals surface area contributed by atoms with Crippen molar-refractivity contribution in [3.63, 3.8) is 0 Å². The normalized spacial score (nSPS) is 16.2. The number of aryl methyl sites for hydroxylation is 1. The summed E-state index contributed by atoms with van der Waals surface area (Å²) in [4.78, 5) is 12.6. The molecule has 0 bridgehead atoms. The lowest BCUT2D eigenvalue weighted by Gasteiger charge is -2.22. The largest absolute Gasteiger partial charge is 0.508 e. The Hall–Kier alpha value is -3.33. The van der Waals surface area contributed by atoms with Crippen LogP contribution in [0.2, 0.25) is 0 Å². The second-order valence-electron chi connectivity index (χ2n) is 10.8. The number of nitrogens with one attached hydrogen (secondary N) is 1. The molecule has 34 heavy (non-hydrogen) atoms. The van der Waals surface area contributed by atoms with Gasteiger partial charge < -0.3 is 10.4 Å². The van der Waals surface area contributed by atoms with Gasteiger partial charge in [0.1, 0.15) is 5.75 Å². The summed E-state index contributed by atoms with van der Waals surface area (Å²) in [6.07, 6.45) is 4.37. The number of allylic oxidation sites excluding steroid dienone is 1. The van der Waals surface area contributed by atoms with E-state index >= 15 is 0 Å². The Bertz CT molecular complexity index is 1250. The molecule has 1 aliphatic carbocycles. The molecule has 0 saturated heterocycles. The van der Waals surface area contributed by atoms with Gasteiger partial charge in [0.2, 0.25) is 0 Å². The summed E-state index contributed by atoms with van der Waals surface area (Å²) < 4.78 is 0. The number of rotatable bonds is 5. The average molecular weight is 454 g/mol. The van der Waals surface area contributed by atoms with Crippen LogP contribution in [0.5, 0.6) is 5.75 Å². The minimum atomic E-state index is -0.172. The van der Waals surface area contributed by atoms with Crippen molar-refractivity contribution in [2.45, 2.75) is 65.2 Å². The first-order valence-electron chi connectivity index (χ1n) is 12.1. The highest BCUT2D eigenvalue weighted by atomic mass is 16.3. The molecule has 176 valence electrons. The van der Waals surface area contributed by atoms with Gasteiger partial charge >= 0.3 is 0 Å². The monoisotopic (exact) mass is 453 g/mol. The van der Waals surface area contributed by atoms with Gasteiger partial charge in [-0.1, -0.05) is 65.0 Å². The molecule has 3 heteroatoms. The van der Waals surface area contributed by atoms with E-state index < -0.39 is 0 Å². The lowest BCUT2D eigenvalue weighted by Crippen LogP contribution is -2.18. The van der Waals surface area contributed by atoms with Crippen molar-refractivity contribution in [1.29, 1.82) is 0 Å². The first-order chi connectivity index (χ1) is 16.0. The average Bonchev–Trinajstić information content (AvgIpc) is 2.97. The maximum atomic E-state index is 12.6. The van der Waals surface area contributed by atoms with Gasteiger partial charge in [-0.25, -0.2) is 0 Å². The van der Waals surface area contributed by atoms with Crippen molar-refractivity contribution in [3.8, 4) is 5.75 Å². The second-order valence-corrected chi connectivity index (χ2v) is 10.8. The van der Waals surface area contributed by atoms with Gasteiger partial charge in [0.25, 0.3) is 5.91 Å². The molecule has 0 unspecified atom stereocenters. The summed E-state index contributed by atoms with van der Waals surface area (Å²) in [5.74, 6) is 0.000986. The summed E-state index contributed by atoms with van der Waals surface area (Å²) in [5.41, 5.74) is 9.61. The number of benzene rings is 3. The molecule has 3 aromatic carbocycles. The van der Waals surface area contributed by atoms with Gasteiger partial charge in [-0.15, -0.1) is 0 Å². The summed E-state index contributed by atoms with van der Waals surface area (Å²) >= 11 is 0. The van der Waals surface area contributed by atoms with Crippen LogP contribution in [0.15, 0.2) is 60.7 Å². The minimum absolute atomic E-state index is 0.172. The number of hydrogen-bond donors (Lipinski definition) is 2. The summed E-state index contributed by atoms with van der Waals surface area (Å²) in [7, 11) is 0. The van der Waals surface area contributed by atoms with E-state index in [2.05, 4.69) is 65.1 Å². The van der Waals surface area contributed by atoms with Crippen LogP contribution in [0.4, 0.5) is 5.69 Å². The highest BCUT2D eigenvalue weighted by molar-refractivity contribution is 6.04. The van der Waals surface area contributed by atoms with Gasteiger partial charge in [-0.3, -0.25) is 4.79 Å². The van der Waals surface area contributed by atoms with E-state index in [0.29, 0.717) is 11.3 Å². The standard InChI is InChI=1S/C31H35NO2/c1-7-22-17-27-28(31(5,6)19-30(27,3)4)18-26(22)20(2)16-21-8-10-23(11-9-21)29(34)32-24-12-14-25(33)15-13-24/h8-18,33H,7,19H2,1-6H3,(H,32,34). The minimum Gasteiger partial charge on any atom is -0.508 e. The number of hydrogen-bond acceptors (Lipinski definition) is 2. The lowest BCUT2D eigenvalue weighted by atomic mass is 9.82. The van der Waals surface area contributed by atoms with E-state index in [1.54, 1.807) is 24.3 Å². The molecule has 0 aromatic heterocycles. The number of carbonyl (C=O) groups excluding carboxylic acids is 1. The van der Waals surface area contributed by atoms with Crippen LogP contribution in [0.1, 0.15) is 86.1 Å². The van der Waals surface area contributed by atoms with Gasteiger partial charge in [0, 0.05) is 11.3 Å². The van der Waals surface area contributed by atoms with Crippen LogP contribution in [-0.2, 0) is 17.3 Å². The maximum Gasteiger partial charge on any atom is 0.255 e. The van der Waals surface area contributed by atoms with Crippen LogP contribution in [-0.4, -0.2) is 11.0 Å². The Morgan fingerprint density at radius 1 is 0.941 bits per heavy atom. The molecule has 0 atom stereocenters. The molecule has 3 aromatic rings. The van der Waals surface area contributed by atoms with Crippen LogP contribution < -0.4 is 5.32 Å². The van der Waals surface area contributed by atoms with Crippen LogP contribution in [0.25, 0.3) is 11.6 Å². The number of anilines is 1. The number of carbonyl (C=O) groups is 1. The quantitative estimate of drug-likeness (QED) is 0.307. The Balaban J connectivity index is 1.59. The van der Waals surface area contributed by atoms with E-state index in [-0.39, 0.29) is 22.5 Å². The first kappa shape index (κ1) is 23.8. The smallest absolute Gasteiger partial charge is 0.255 e. The highest BCUT2D eigenvalue weighted by Crippen LogP contribution is 2.50. The predicted octanol–water partition coefficient (Wildman–Crippen LogP) is 7.73. The van der Waals surface area contributed by atoms with E-state index in [1.165, 1.54) is 34.2 Å². The van der Waals surface area contributed by atoms with Crippen molar-refractivity contribution >= 4 is 23.2 Å². The summed E-state index contributed by atoms with van der Waals surface area (Å²) in [6, 6.07) is 19.0. The van der Waals surface area contributed by atoms with Gasteiger partial charge in [0.05, 0.1) is 0 Å². The second kappa shape index (κ2) is 8.79. The number of amides is 1. The van der Waals surface area contributed by atoms with E-state index in [1.807, 2.05) is 24.3 Å². The third-order valence-corrected chi connectivity index (χ3v) is 7.07. The van der Waals surface area contributed by atoms with Crippen LogP contribution in [0.3, 0.4) is 0 Å². The van der Waals surface area contributed by atoms with E-state index in [4.69, 9.17) is 0 Å². The van der Waals surface area contributed by atoms with Crippen LogP contribution >= 0.6 is 0 Å². The SMILES string of the molecule is CCc1cc2c(cc1C(C)=Cc1ccc(C(=O)Nc3ccc(O)cc3)cc1)C(C)(C)CC2(C)C. The molecule has 0 aliphatic heterocycles. The molecular formula is C31H35NO2. The number of phenolic OH excluding ortho intramolecular Hbond substituents is 1. The van der Waals surface area contributed by atoms with Crippen molar-refractivity contribution in [2.75, 3.05) is 5.32 Å². The van der Waals surface area contributed by atoms with E-state index in [0.717, 1.165) is 12.0 Å². The molecule has 1 aliphatic rings. The maximum absolute atomic E-state index is 12.6. The molecule has 0 radical (unpaired) electrons. The Kier molecular flexibility index (Phi) is 6.16. The Morgan fingerprint density at radius 2 is 1.53 bits per heavy atom. The van der Waals surface area contributed by atoms with Crippen molar-refractivity contribution in [1.82, 2.24) is 0 Å². The van der Waals surface area contributed by atoms with Crippen LogP contribution in [0, 0.1) is 0 Å². The van der Waals surface area contributed by atoms with Gasteiger partial charge in [0.15, 0.2) is 0 Å². The van der Waals surface area contributed by atoms with Crippen molar-refractivity contribution < 1.29 is 9.90 Å². The number of fused-ring (bicyclic) bond motifs is 1. The fourth-order valence-corrected chi connectivity index (χ4v) is 5.53. The number of phenols is 1. The highest BCUT2D eigenvalue weighted by Gasteiger charge is 2.42. The zero-order valence-corrected chi connectivity index (χ0v) is 21.1. The first-order valence-corrected chi connectivity index (χ1v) is 12.1. The Morgan fingerprint density at radius 3 is 2.12 bits per heavy atom. The zero-order valence-electron chi connectivity index (χ0n) is 21.1. The molecule has 0 saturated carbocycles. The Labute approximate surface area is 203 Å². The van der Waals surface area contributed by atoms with Crippen molar-refractivity contribution in [2.24, 2.45) is 0 Å². The van der Waals surface area contributed by atoms with Gasteiger partial charge in [-0.2, -0.15) is 0 Å². The third-order valence-electron chi connectivity index (χ3n) is 7.07. The van der Waals surface area contributed by atoms with E-state index in [9.17, 15) is 9.90 Å². The fourth-order valence-electron chi connectivity index (χ4n) is 5.53. The molecule has 1 amide bonds. The zero-order chi connectivity index (χ0) is 24.7. The van der Waals surface area contributed by atoms with Crippen molar-refractivity contribution in [3.05, 3.63) is 94.0 Å². The molecule has 0 spiro atoms. The summed E-state index contributed by atoms with van der Waals surface area (Å²) in [5, 5.41) is 12.3. The molecule has 3 nitrogen and oxygen atoms in total. The molecular weight excluding hydrogens is 418 g/mol. The topological polar surface area (TPSA) is 49.3 Å². The molecule has 0 fully saturated rings. The molecule has 2 N–H and O–H groups in total. The third kappa shape index (κ3) is 4.65. The summed E-state index contributed by atoms with van der Waals surface area (Å²) in [6.45, 7) is 13.9. The number of aromatic hydroxyl groups is 1.